The first kappa shape index (κ1) is 26.7. The lowest BCUT2D eigenvalue weighted by atomic mass is 10.1. The molecule has 34 heavy (non-hydrogen) atoms. The molecule has 0 saturated carbocycles. The van der Waals surface area contributed by atoms with Gasteiger partial charge in [-0.2, -0.15) is 0 Å². The predicted octanol–water partition coefficient (Wildman–Crippen LogP) is 2.73. The number of halogens is 1. The van der Waals surface area contributed by atoms with E-state index in [-0.39, 0.29) is 29.4 Å². The zero-order chi connectivity index (χ0) is 25.3. The summed E-state index contributed by atoms with van der Waals surface area (Å²) in [4.78, 5) is 36.6. The van der Waals surface area contributed by atoms with E-state index in [1.807, 2.05) is 0 Å². The molecule has 0 aliphatic carbocycles. The van der Waals surface area contributed by atoms with Gasteiger partial charge in [0.1, 0.15) is 0 Å². The van der Waals surface area contributed by atoms with Crippen molar-refractivity contribution in [1.82, 2.24) is 16.2 Å². The highest BCUT2D eigenvalue weighted by Gasteiger charge is 2.18. The van der Waals surface area contributed by atoms with Gasteiger partial charge in [-0.25, -0.2) is 0 Å². The summed E-state index contributed by atoms with van der Waals surface area (Å²) in [5, 5.41) is 5.51. The number of hydrogen-bond acceptors (Lipinski definition) is 7. The first-order valence-corrected chi connectivity index (χ1v) is 10.7. The lowest BCUT2D eigenvalue weighted by molar-refractivity contribution is -0.124. The fourth-order valence-electron chi connectivity index (χ4n) is 2.79. The SMILES string of the molecule is COc1cc(C(=O)NC(=S)NNC(=O)CCC(=O)Nc2cccc(Cl)c2C)cc(OC)c1OC. The summed E-state index contributed by atoms with van der Waals surface area (Å²) >= 11 is 11.1. The summed E-state index contributed by atoms with van der Waals surface area (Å²) in [5.41, 5.74) is 6.24. The van der Waals surface area contributed by atoms with Gasteiger partial charge in [0.25, 0.3) is 5.91 Å². The number of benzene rings is 2. The molecule has 2 aromatic rings. The van der Waals surface area contributed by atoms with Crippen molar-refractivity contribution in [3.63, 3.8) is 0 Å². The predicted molar refractivity (Wildman–Crippen MR) is 131 cm³/mol. The molecule has 2 rings (SSSR count). The van der Waals surface area contributed by atoms with Crippen LogP contribution in [0.5, 0.6) is 17.2 Å². The molecule has 3 amide bonds. The third kappa shape index (κ3) is 7.22. The van der Waals surface area contributed by atoms with Gasteiger partial charge in [0.2, 0.25) is 17.6 Å². The summed E-state index contributed by atoms with van der Waals surface area (Å²) in [7, 11) is 4.30. The number of amides is 3. The highest BCUT2D eigenvalue weighted by atomic mass is 35.5. The van der Waals surface area contributed by atoms with Crippen LogP contribution in [0.15, 0.2) is 30.3 Å². The van der Waals surface area contributed by atoms with Gasteiger partial charge >= 0.3 is 0 Å². The topological polar surface area (TPSA) is 127 Å². The molecule has 0 fully saturated rings. The number of nitrogens with one attached hydrogen (secondary N) is 4. The molecular formula is C22H25ClN4O6S. The van der Waals surface area contributed by atoms with E-state index in [4.69, 9.17) is 38.0 Å². The van der Waals surface area contributed by atoms with Gasteiger partial charge < -0.3 is 19.5 Å². The molecule has 4 N–H and O–H groups in total. The largest absolute Gasteiger partial charge is 0.493 e. The Balaban J connectivity index is 1.83. The van der Waals surface area contributed by atoms with E-state index in [0.29, 0.717) is 28.0 Å². The van der Waals surface area contributed by atoms with Crippen molar-refractivity contribution in [2.75, 3.05) is 26.6 Å². The van der Waals surface area contributed by atoms with Gasteiger partial charge in [-0.1, -0.05) is 17.7 Å². The van der Waals surface area contributed by atoms with E-state index in [2.05, 4.69) is 21.5 Å². The van der Waals surface area contributed by atoms with Gasteiger partial charge in [0.05, 0.1) is 21.3 Å². The number of thiocarbonyl (C=S) groups is 1. The monoisotopic (exact) mass is 508 g/mol. The van der Waals surface area contributed by atoms with Crippen LogP contribution in [-0.4, -0.2) is 44.2 Å². The molecular weight excluding hydrogens is 484 g/mol. The van der Waals surface area contributed by atoms with Crippen molar-refractivity contribution in [2.45, 2.75) is 19.8 Å². The maximum absolute atomic E-state index is 12.5. The molecule has 0 atom stereocenters. The zero-order valence-corrected chi connectivity index (χ0v) is 20.6. The number of hydrogen-bond donors (Lipinski definition) is 4. The Labute approximate surface area is 207 Å². The molecule has 0 heterocycles. The van der Waals surface area contributed by atoms with Crippen LogP contribution in [-0.2, 0) is 9.59 Å². The van der Waals surface area contributed by atoms with Gasteiger partial charge in [-0.3, -0.25) is 30.6 Å². The number of carbonyl (C=O) groups is 3. The molecule has 0 spiro atoms. The Bertz CT molecular complexity index is 1070. The highest BCUT2D eigenvalue weighted by molar-refractivity contribution is 7.80. The molecule has 0 aliphatic rings. The minimum Gasteiger partial charge on any atom is -0.493 e. The summed E-state index contributed by atoms with van der Waals surface area (Å²) in [6, 6.07) is 8.07. The fourth-order valence-corrected chi connectivity index (χ4v) is 3.11. The maximum atomic E-state index is 12.5. The van der Waals surface area contributed by atoms with E-state index in [9.17, 15) is 14.4 Å². The lowest BCUT2D eigenvalue weighted by Crippen LogP contribution is -2.48. The van der Waals surface area contributed by atoms with E-state index in [1.165, 1.54) is 33.5 Å². The van der Waals surface area contributed by atoms with Crippen molar-refractivity contribution in [3.05, 3.63) is 46.5 Å². The van der Waals surface area contributed by atoms with E-state index in [0.717, 1.165) is 5.56 Å². The minimum absolute atomic E-state index is 0.0655. The number of carbonyl (C=O) groups excluding carboxylic acids is 3. The van der Waals surface area contributed by atoms with Crippen LogP contribution < -0.4 is 35.7 Å². The van der Waals surface area contributed by atoms with Gasteiger partial charge in [0, 0.05) is 29.1 Å². The molecule has 10 nitrogen and oxygen atoms in total. The third-order valence-electron chi connectivity index (χ3n) is 4.59. The van der Waals surface area contributed by atoms with Gasteiger partial charge in [-0.15, -0.1) is 0 Å². The van der Waals surface area contributed by atoms with Crippen molar-refractivity contribution in [1.29, 1.82) is 0 Å². The van der Waals surface area contributed by atoms with Gasteiger partial charge in [0.15, 0.2) is 16.6 Å². The molecule has 0 radical (unpaired) electrons. The Kier molecular flexibility index (Phi) is 9.90. The number of anilines is 1. The standard InChI is InChI=1S/C22H25ClN4O6S/c1-12-14(23)6-5-7-15(12)24-18(28)8-9-19(29)26-27-22(34)25-21(30)13-10-16(31-2)20(33-4)17(11-13)32-3/h5-7,10-11H,8-9H2,1-4H3,(H,24,28)(H,26,29)(H2,25,27,30,34). The average molecular weight is 509 g/mol. The van der Waals surface area contributed by atoms with Crippen molar-refractivity contribution >= 4 is 52.3 Å². The molecule has 0 aliphatic heterocycles. The first-order valence-electron chi connectivity index (χ1n) is 9.95. The second kappa shape index (κ2) is 12.6. The minimum atomic E-state index is -0.567. The van der Waals surface area contributed by atoms with Crippen LogP contribution in [0.2, 0.25) is 5.02 Å². The van der Waals surface area contributed by atoms with Gasteiger partial charge in [-0.05, 0) is 49.0 Å². The number of hydrazine groups is 1. The van der Waals surface area contributed by atoms with Crippen molar-refractivity contribution in [2.24, 2.45) is 0 Å². The van der Waals surface area contributed by atoms with Crippen LogP contribution in [0.4, 0.5) is 5.69 Å². The quantitative estimate of drug-likeness (QED) is 0.316. The van der Waals surface area contributed by atoms with E-state index in [1.54, 1.807) is 25.1 Å². The normalized spacial score (nSPS) is 10.0. The Morgan fingerprint density at radius 2 is 1.56 bits per heavy atom. The summed E-state index contributed by atoms with van der Waals surface area (Å²) < 4.78 is 15.7. The second-order valence-corrected chi connectivity index (χ2v) is 7.65. The second-order valence-electron chi connectivity index (χ2n) is 6.83. The van der Waals surface area contributed by atoms with Crippen LogP contribution in [0, 0.1) is 6.92 Å². The van der Waals surface area contributed by atoms with Crippen molar-refractivity contribution < 1.29 is 28.6 Å². The number of rotatable bonds is 8. The van der Waals surface area contributed by atoms with Crippen molar-refractivity contribution in [3.8, 4) is 17.2 Å². The molecule has 0 aromatic heterocycles. The summed E-state index contributed by atoms with van der Waals surface area (Å²) in [6.45, 7) is 1.78. The molecule has 0 bridgehead atoms. The first-order chi connectivity index (χ1) is 16.2. The molecule has 2 aromatic carbocycles. The summed E-state index contributed by atoms with van der Waals surface area (Å²) in [6.07, 6.45) is -0.175. The van der Waals surface area contributed by atoms with E-state index >= 15 is 0 Å². The molecule has 0 saturated heterocycles. The number of methoxy groups -OCH3 is 3. The Morgan fingerprint density at radius 1 is 0.941 bits per heavy atom. The maximum Gasteiger partial charge on any atom is 0.257 e. The lowest BCUT2D eigenvalue weighted by Gasteiger charge is -2.15. The zero-order valence-electron chi connectivity index (χ0n) is 19.0. The molecule has 12 heteroatoms. The van der Waals surface area contributed by atoms with Crippen LogP contribution in [0.25, 0.3) is 0 Å². The highest BCUT2D eigenvalue weighted by Crippen LogP contribution is 2.38. The van der Waals surface area contributed by atoms with Crippen LogP contribution in [0.1, 0.15) is 28.8 Å². The van der Waals surface area contributed by atoms with Crippen LogP contribution in [0.3, 0.4) is 0 Å². The fraction of sp³-hybridized carbons (Fsp3) is 0.273. The average Bonchev–Trinajstić information content (AvgIpc) is 2.83. The van der Waals surface area contributed by atoms with Crippen LogP contribution >= 0.6 is 23.8 Å². The number of ether oxygens (including phenoxy) is 3. The summed E-state index contributed by atoms with van der Waals surface area (Å²) in [5.74, 6) is -0.483. The smallest absolute Gasteiger partial charge is 0.257 e. The van der Waals surface area contributed by atoms with E-state index < -0.39 is 11.8 Å². The Morgan fingerprint density at radius 3 is 2.15 bits per heavy atom. The Hall–Kier alpha value is -3.57. The molecule has 182 valence electrons. The third-order valence-corrected chi connectivity index (χ3v) is 5.20. The molecule has 0 unspecified atom stereocenters.